The number of nitrogens with zero attached hydrogens (tertiary/aromatic N) is 2. The number of carbonyl (C=O) groups is 2. The van der Waals surface area contributed by atoms with Crippen molar-refractivity contribution in [1.82, 2.24) is 0 Å². The molecule has 31 heavy (non-hydrogen) atoms. The van der Waals surface area contributed by atoms with Gasteiger partial charge in [0, 0.05) is 17.6 Å². The van der Waals surface area contributed by atoms with Gasteiger partial charge in [-0.2, -0.15) is 18.4 Å². The first-order valence-corrected chi connectivity index (χ1v) is 9.65. The Hall–Kier alpha value is -2.86. The summed E-state index contributed by atoms with van der Waals surface area (Å²) in [5.41, 5.74) is 2.79. The zero-order valence-corrected chi connectivity index (χ0v) is 17.8. The first-order valence-electron chi connectivity index (χ1n) is 9.65. The van der Waals surface area contributed by atoms with Gasteiger partial charge in [0.05, 0.1) is 18.7 Å². The number of anilines is 1. The fourth-order valence-corrected chi connectivity index (χ4v) is 4.15. The van der Waals surface area contributed by atoms with E-state index in [0.717, 1.165) is 6.54 Å². The Bertz CT molecular complexity index is 927. The highest BCUT2D eigenvalue weighted by Crippen LogP contribution is 2.42. The van der Waals surface area contributed by atoms with E-state index in [1.807, 2.05) is 13.8 Å². The standard InChI is InChI=1S/C20H24N2O2.C2HF3O2/c1-14-6-5-7-15(2)17(14)22-8-9-24-20(13-22)10-16(11-21)18(23)19(3,4)12-20;3-2(4,5)1(6)7/h5-7,10H,8-9,12-13H2,1-4H3;(H,6,7). The van der Waals surface area contributed by atoms with Crippen LogP contribution in [0.1, 0.15) is 31.4 Å². The number of allylic oxidation sites excluding steroid dienone is 1. The molecule has 0 radical (unpaired) electrons. The number of aliphatic carboxylic acids is 1. The summed E-state index contributed by atoms with van der Waals surface area (Å²) in [6.45, 7) is 10.1. The number of nitriles is 1. The lowest BCUT2D eigenvalue weighted by molar-refractivity contribution is -0.192. The SMILES string of the molecule is Cc1cccc(C)c1N1CCOC2(C=C(C#N)C(=O)C(C)(C)C2)C1.O=C(O)C(F)(F)F. The van der Waals surface area contributed by atoms with E-state index in [2.05, 4.69) is 43.0 Å². The van der Waals surface area contributed by atoms with Crippen molar-refractivity contribution in [2.45, 2.75) is 45.9 Å². The first-order chi connectivity index (χ1) is 14.2. The van der Waals surface area contributed by atoms with Crippen LogP contribution in [-0.4, -0.2) is 48.3 Å². The van der Waals surface area contributed by atoms with Crippen LogP contribution in [-0.2, 0) is 14.3 Å². The van der Waals surface area contributed by atoms with Gasteiger partial charge in [0.15, 0.2) is 5.78 Å². The maximum atomic E-state index is 12.4. The van der Waals surface area contributed by atoms with E-state index in [1.54, 1.807) is 6.08 Å². The van der Waals surface area contributed by atoms with Gasteiger partial charge in [-0.3, -0.25) is 4.79 Å². The molecule has 1 atom stereocenters. The maximum absolute atomic E-state index is 12.4. The van der Waals surface area contributed by atoms with E-state index < -0.39 is 23.2 Å². The molecule has 3 rings (SSSR count). The van der Waals surface area contributed by atoms with Crippen LogP contribution in [0.4, 0.5) is 18.9 Å². The molecule has 0 saturated carbocycles. The summed E-state index contributed by atoms with van der Waals surface area (Å²) in [5.74, 6) is -2.84. The third-order valence-corrected chi connectivity index (χ3v) is 5.34. The number of halogens is 3. The molecule has 0 bridgehead atoms. The van der Waals surface area contributed by atoms with Crippen molar-refractivity contribution >= 4 is 17.4 Å². The van der Waals surface area contributed by atoms with Gasteiger partial charge in [-0.1, -0.05) is 32.0 Å². The van der Waals surface area contributed by atoms with Crippen molar-refractivity contribution < 1.29 is 32.6 Å². The Labute approximate surface area is 178 Å². The highest BCUT2D eigenvalue weighted by Gasteiger charge is 2.48. The largest absolute Gasteiger partial charge is 0.490 e. The zero-order chi connectivity index (χ0) is 23.6. The van der Waals surface area contributed by atoms with Gasteiger partial charge in [0.1, 0.15) is 11.7 Å². The molecule has 0 aromatic heterocycles. The molecule has 1 aromatic rings. The van der Waals surface area contributed by atoms with Crippen LogP contribution in [0, 0.1) is 30.6 Å². The molecule has 1 aliphatic heterocycles. The van der Waals surface area contributed by atoms with Crippen LogP contribution in [0.2, 0.25) is 0 Å². The third kappa shape index (κ3) is 5.44. The van der Waals surface area contributed by atoms with Crippen LogP contribution in [0.3, 0.4) is 0 Å². The van der Waals surface area contributed by atoms with E-state index in [0.29, 0.717) is 19.6 Å². The number of Topliss-reactive ketones (excluding diaryl/α,β-unsaturated/α-hetero) is 1. The van der Waals surface area contributed by atoms with E-state index in [9.17, 15) is 23.2 Å². The molecular weight excluding hydrogens is 413 g/mol. The van der Waals surface area contributed by atoms with Gasteiger partial charge in [-0.25, -0.2) is 4.79 Å². The van der Waals surface area contributed by atoms with Crippen LogP contribution < -0.4 is 4.90 Å². The summed E-state index contributed by atoms with van der Waals surface area (Å²) in [6, 6.07) is 8.38. The van der Waals surface area contributed by atoms with Gasteiger partial charge in [0.25, 0.3) is 0 Å². The third-order valence-electron chi connectivity index (χ3n) is 5.34. The van der Waals surface area contributed by atoms with Crippen LogP contribution in [0.5, 0.6) is 0 Å². The smallest absolute Gasteiger partial charge is 0.475 e. The molecule has 1 unspecified atom stereocenters. The number of aryl methyl sites for hydroxylation is 2. The average molecular weight is 438 g/mol. The number of benzene rings is 1. The number of ether oxygens (including phenoxy) is 1. The van der Waals surface area contributed by atoms with Gasteiger partial charge in [0.2, 0.25) is 0 Å². The zero-order valence-electron chi connectivity index (χ0n) is 17.8. The van der Waals surface area contributed by atoms with Crippen molar-refractivity contribution in [1.29, 1.82) is 5.26 Å². The highest BCUT2D eigenvalue weighted by molar-refractivity contribution is 6.04. The second-order valence-corrected chi connectivity index (χ2v) is 8.44. The van der Waals surface area contributed by atoms with E-state index >= 15 is 0 Å². The Kier molecular flexibility index (Phi) is 6.86. The molecule has 168 valence electrons. The summed E-state index contributed by atoms with van der Waals surface area (Å²) >= 11 is 0. The highest BCUT2D eigenvalue weighted by atomic mass is 19.4. The molecule has 9 heteroatoms. The Morgan fingerprint density at radius 3 is 2.29 bits per heavy atom. The lowest BCUT2D eigenvalue weighted by Crippen LogP contribution is -2.56. The number of carbonyl (C=O) groups excluding carboxylic acids is 1. The maximum Gasteiger partial charge on any atom is 0.490 e. The molecule has 1 fully saturated rings. The predicted molar refractivity (Wildman–Crippen MR) is 108 cm³/mol. The van der Waals surface area contributed by atoms with Gasteiger partial charge in [-0.05, 0) is 37.5 Å². The number of morpholine rings is 1. The molecule has 1 spiro atoms. The van der Waals surface area contributed by atoms with Crippen molar-refractivity contribution in [2.24, 2.45) is 5.41 Å². The minimum atomic E-state index is -5.08. The summed E-state index contributed by atoms with van der Waals surface area (Å²) in [6.07, 6.45) is -2.72. The minimum absolute atomic E-state index is 0.0802. The Morgan fingerprint density at radius 2 is 1.81 bits per heavy atom. The summed E-state index contributed by atoms with van der Waals surface area (Å²) in [4.78, 5) is 23.6. The number of ketones is 1. The second kappa shape index (κ2) is 8.71. The lowest BCUT2D eigenvalue weighted by atomic mass is 9.69. The summed E-state index contributed by atoms with van der Waals surface area (Å²) in [7, 11) is 0. The molecule has 2 aliphatic rings. The van der Waals surface area contributed by atoms with Crippen molar-refractivity contribution in [3.05, 3.63) is 41.0 Å². The predicted octanol–water partition coefficient (Wildman–Crippen LogP) is 3.96. The average Bonchev–Trinajstić information content (AvgIpc) is 2.64. The number of hydrogen-bond acceptors (Lipinski definition) is 5. The number of hydrogen-bond donors (Lipinski definition) is 1. The van der Waals surface area contributed by atoms with Crippen molar-refractivity contribution in [3.63, 3.8) is 0 Å². The quantitative estimate of drug-likeness (QED) is 0.714. The summed E-state index contributed by atoms with van der Waals surface area (Å²) < 4.78 is 37.9. The van der Waals surface area contributed by atoms with E-state index in [1.165, 1.54) is 16.8 Å². The topological polar surface area (TPSA) is 90.6 Å². The molecule has 1 aliphatic carbocycles. The molecule has 1 saturated heterocycles. The Balaban J connectivity index is 0.000000423. The molecule has 1 N–H and O–H groups in total. The molecule has 6 nitrogen and oxygen atoms in total. The number of alkyl halides is 3. The number of carboxylic acids is 1. The van der Waals surface area contributed by atoms with Crippen molar-refractivity contribution in [3.8, 4) is 6.07 Å². The second-order valence-electron chi connectivity index (χ2n) is 8.44. The van der Waals surface area contributed by atoms with Gasteiger partial charge >= 0.3 is 12.1 Å². The van der Waals surface area contributed by atoms with Gasteiger partial charge < -0.3 is 14.7 Å². The molecular formula is C22H25F3N2O4. The van der Waals surface area contributed by atoms with Crippen LogP contribution in [0.15, 0.2) is 29.8 Å². The lowest BCUT2D eigenvalue weighted by Gasteiger charge is -2.47. The van der Waals surface area contributed by atoms with E-state index in [4.69, 9.17) is 14.6 Å². The Morgan fingerprint density at radius 1 is 1.26 bits per heavy atom. The monoisotopic (exact) mass is 438 g/mol. The first kappa shape index (κ1) is 24.4. The molecule has 0 amide bonds. The van der Waals surface area contributed by atoms with Crippen molar-refractivity contribution in [2.75, 3.05) is 24.6 Å². The fraction of sp³-hybridized carbons (Fsp3) is 0.500. The van der Waals surface area contributed by atoms with Crippen LogP contribution >= 0.6 is 0 Å². The number of carboxylic acid groups (broad SMARTS) is 1. The van der Waals surface area contributed by atoms with Gasteiger partial charge in [-0.15, -0.1) is 0 Å². The molecule has 1 aromatic carbocycles. The van der Waals surface area contributed by atoms with Crippen LogP contribution in [0.25, 0.3) is 0 Å². The molecule has 1 heterocycles. The van der Waals surface area contributed by atoms with E-state index in [-0.39, 0.29) is 11.4 Å². The minimum Gasteiger partial charge on any atom is -0.475 e. The number of para-hydroxylation sites is 1. The number of rotatable bonds is 1. The fourth-order valence-electron chi connectivity index (χ4n) is 4.15. The normalized spacial score (nSPS) is 22.8. The summed E-state index contributed by atoms with van der Waals surface area (Å²) in [5, 5.41) is 16.5.